The number of anilines is 1. The molecule has 2 aromatic carbocycles. The molecule has 3 aliphatic rings. The van der Waals surface area contributed by atoms with Gasteiger partial charge < -0.3 is 24.2 Å². The molecule has 2 saturated heterocycles. The van der Waals surface area contributed by atoms with Gasteiger partial charge in [0, 0.05) is 61.7 Å². The summed E-state index contributed by atoms with van der Waals surface area (Å²) in [4.78, 5) is 33.7. The lowest BCUT2D eigenvalue weighted by atomic mass is 9.83. The standard InChI is InChI=1S/C29H35N3O4S/c1-30-24-18-21(28(33)32-16-14-31(15-17-32)22-9-11-23(35-2)12-10-22)8-13-26(24)37-27(29(30)34)19-20-6-4-5-7-25(20)36-3/h4-7,9-12,19,21,24,26H,8,13-18H2,1-3H3/b27-19-. The van der Waals surface area contributed by atoms with Gasteiger partial charge in [0.15, 0.2) is 0 Å². The van der Waals surface area contributed by atoms with E-state index in [1.807, 2.05) is 59.3 Å². The molecular weight excluding hydrogens is 486 g/mol. The molecule has 0 spiro atoms. The summed E-state index contributed by atoms with van der Waals surface area (Å²) >= 11 is 1.66. The number of piperazine rings is 1. The molecule has 7 nitrogen and oxygen atoms in total. The molecule has 8 heteroatoms. The maximum atomic E-state index is 13.5. The smallest absolute Gasteiger partial charge is 0.260 e. The number of para-hydroxylation sites is 1. The van der Waals surface area contributed by atoms with E-state index in [4.69, 9.17) is 9.47 Å². The van der Waals surface area contributed by atoms with Crippen LogP contribution in [0, 0.1) is 5.92 Å². The molecule has 2 heterocycles. The summed E-state index contributed by atoms with van der Waals surface area (Å²) in [5.74, 6) is 1.85. The third-order valence-corrected chi connectivity index (χ3v) is 9.26. The molecule has 1 aliphatic carbocycles. The minimum absolute atomic E-state index is 0.0237. The van der Waals surface area contributed by atoms with Gasteiger partial charge in [-0.25, -0.2) is 0 Å². The maximum absolute atomic E-state index is 13.5. The lowest BCUT2D eigenvalue weighted by Gasteiger charge is -2.45. The molecule has 2 aromatic rings. The van der Waals surface area contributed by atoms with Gasteiger partial charge >= 0.3 is 0 Å². The Hall–Kier alpha value is -3.13. The SMILES string of the molecule is COc1ccc(N2CCN(C(=O)C3CCC4S/C(=C\c5ccccc5OC)C(=O)N(C)C4C3)CC2)cc1. The average molecular weight is 522 g/mol. The highest BCUT2D eigenvalue weighted by Crippen LogP contribution is 2.44. The van der Waals surface area contributed by atoms with E-state index in [1.54, 1.807) is 26.0 Å². The summed E-state index contributed by atoms with van der Waals surface area (Å²) in [6, 6.07) is 15.9. The van der Waals surface area contributed by atoms with Crippen LogP contribution >= 0.6 is 11.8 Å². The first kappa shape index (κ1) is 25.5. The van der Waals surface area contributed by atoms with Crippen LogP contribution in [0.15, 0.2) is 53.4 Å². The highest BCUT2D eigenvalue weighted by atomic mass is 32.2. The van der Waals surface area contributed by atoms with E-state index < -0.39 is 0 Å². The van der Waals surface area contributed by atoms with Crippen molar-refractivity contribution in [3.63, 3.8) is 0 Å². The van der Waals surface area contributed by atoms with Crippen LogP contribution in [0.3, 0.4) is 0 Å². The van der Waals surface area contributed by atoms with Crippen LogP contribution in [0.5, 0.6) is 11.5 Å². The Morgan fingerprint density at radius 3 is 2.41 bits per heavy atom. The molecule has 37 heavy (non-hydrogen) atoms. The molecule has 5 rings (SSSR count). The third-order valence-electron chi connectivity index (χ3n) is 7.87. The summed E-state index contributed by atoms with van der Waals surface area (Å²) in [5.41, 5.74) is 2.06. The number of methoxy groups -OCH3 is 2. The van der Waals surface area contributed by atoms with Crippen molar-refractivity contribution in [2.45, 2.75) is 30.6 Å². The van der Waals surface area contributed by atoms with Gasteiger partial charge in [0.25, 0.3) is 5.91 Å². The highest BCUT2D eigenvalue weighted by molar-refractivity contribution is 8.04. The van der Waals surface area contributed by atoms with E-state index >= 15 is 0 Å². The van der Waals surface area contributed by atoms with Crippen LogP contribution in [0.2, 0.25) is 0 Å². The van der Waals surface area contributed by atoms with Gasteiger partial charge in [0.2, 0.25) is 5.91 Å². The number of carbonyl (C=O) groups is 2. The van der Waals surface area contributed by atoms with E-state index in [0.29, 0.717) is 5.25 Å². The first-order chi connectivity index (χ1) is 18.0. The van der Waals surface area contributed by atoms with Crippen LogP contribution < -0.4 is 14.4 Å². The van der Waals surface area contributed by atoms with E-state index in [9.17, 15) is 9.59 Å². The number of fused-ring (bicyclic) bond motifs is 1. The highest BCUT2D eigenvalue weighted by Gasteiger charge is 2.43. The van der Waals surface area contributed by atoms with Gasteiger partial charge in [0.1, 0.15) is 11.5 Å². The topological polar surface area (TPSA) is 62.3 Å². The minimum Gasteiger partial charge on any atom is -0.497 e. The molecule has 0 aromatic heterocycles. The molecule has 3 fully saturated rings. The van der Waals surface area contributed by atoms with Gasteiger partial charge in [-0.15, -0.1) is 11.8 Å². The zero-order valence-corrected chi connectivity index (χ0v) is 22.6. The van der Waals surface area contributed by atoms with E-state index in [0.717, 1.165) is 73.1 Å². The van der Waals surface area contributed by atoms with Gasteiger partial charge in [0.05, 0.1) is 19.1 Å². The summed E-state index contributed by atoms with van der Waals surface area (Å²) in [5, 5.41) is 0.305. The van der Waals surface area contributed by atoms with Crippen molar-refractivity contribution >= 4 is 35.3 Å². The normalized spacial score (nSPS) is 25.2. The van der Waals surface area contributed by atoms with Gasteiger partial charge in [-0.3, -0.25) is 9.59 Å². The van der Waals surface area contributed by atoms with Crippen molar-refractivity contribution in [3.05, 3.63) is 59.0 Å². The second-order valence-corrected chi connectivity index (χ2v) is 11.2. The fourth-order valence-electron chi connectivity index (χ4n) is 5.69. The lowest BCUT2D eigenvalue weighted by Crippen LogP contribution is -2.55. The number of hydrogen-bond donors (Lipinski definition) is 0. The van der Waals surface area contributed by atoms with Crippen molar-refractivity contribution in [2.75, 3.05) is 52.3 Å². The molecule has 0 radical (unpaired) electrons. The Balaban J connectivity index is 1.20. The predicted molar refractivity (Wildman–Crippen MR) is 148 cm³/mol. The fourth-order valence-corrected chi connectivity index (χ4v) is 7.16. The van der Waals surface area contributed by atoms with Crippen molar-refractivity contribution < 1.29 is 19.1 Å². The molecule has 3 atom stereocenters. The lowest BCUT2D eigenvalue weighted by molar-refractivity contribution is -0.139. The van der Waals surface area contributed by atoms with E-state index in [-0.39, 0.29) is 23.8 Å². The minimum atomic E-state index is -0.0237. The third kappa shape index (κ3) is 5.30. The summed E-state index contributed by atoms with van der Waals surface area (Å²) in [7, 11) is 5.20. The Kier molecular flexibility index (Phi) is 7.65. The number of amides is 2. The van der Waals surface area contributed by atoms with Crippen molar-refractivity contribution in [1.29, 1.82) is 0 Å². The largest absolute Gasteiger partial charge is 0.497 e. The number of rotatable bonds is 5. The Bertz CT molecular complexity index is 1160. The number of thioether (sulfide) groups is 1. The second kappa shape index (κ2) is 11.1. The molecule has 3 unspecified atom stereocenters. The molecule has 196 valence electrons. The number of ether oxygens (including phenoxy) is 2. The molecule has 1 saturated carbocycles. The zero-order chi connectivity index (χ0) is 25.9. The number of likely N-dealkylation sites (N-methyl/N-ethyl adjacent to an activating group) is 1. The molecule has 2 aliphatic heterocycles. The second-order valence-electron chi connectivity index (χ2n) is 9.91. The van der Waals surface area contributed by atoms with Crippen molar-refractivity contribution in [3.8, 4) is 11.5 Å². The monoisotopic (exact) mass is 521 g/mol. The average Bonchev–Trinajstić information content (AvgIpc) is 2.95. The van der Waals surface area contributed by atoms with E-state index in [2.05, 4.69) is 17.0 Å². The molecule has 0 N–H and O–H groups in total. The number of carbonyl (C=O) groups excluding carboxylic acids is 2. The van der Waals surface area contributed by atoms with Crippen LogP contribution in [0.1, 0.15) is 24.8 Å². The predicted octanol–water partition coefficient (Wildman–Crippen LogP) is 4.14. The first-order valence-corrected chi connectivity index (χ1v) is 13.8. The Morgan fingerprint density at radius 1 is 0.973 bits per heavy atom. The summed E-state index contributed by atoms with van der Waals surface area (Å²) in [6.45, 7) is 3.10. The quantitative estimate of drug-likeness (QED) is 0.552. The molecule has 2 amide bonds. The van der Waals surface area contributed by atoms with Crippen LogP contribution in [0.25, 0.3) is 6.08 Å². The molecular formula is C29H35N3O4S. The van der Waals surface area contributed by atoms with Crippen LogP contribution in [-0.4, -0.2) is 80.4 Å². The van der Waals surface area contributed by atoms with Crippen molar-refractivity contribution in [1.82, 2.24) is 9.80 Å². The zero-order valence-electron chi connectivity index (χ0n) is 21.8. The van der Waals surface area contributed by atoms with Gasteiger partial charge in [-0.1, -0.05) is 18.2 Å². The van der Waals surface area contributed by atoms with Crippen LogP contribution in [0.4, 0.5) is 5.69 Å². The fraction of sp³-hybridized carbons (Fsp3) is 0.448. The number of benzene rings is 2. The number of hydrogen-bond acceptors (Lipinski definition) is 6. The van der Waals surface area contributed by atoms with Gasteiger partial charge in [-0.05, 0) is 55.7 Å². The van der Waals surface area contributed by atoms with E-state index in [1.165, 1.54) is 0 Å². The first-order valence-electron chi connectivity index (χ1n) is 12.9. The Morgan fingerprint density at radius 2 is 1.70 bits per heavy atom. The summed E-state index contributed by atoms with van der Waals surface area (Å²) < 4.78 is 10.7. The maximum Gasteiger partial charge on any atom is 0.260 e. The van der Waals surface area contributed by atoms with Gasteiger partial charge in [-0.2, -0.15) is 0 Å². The number of nitrogens with zero attached hydrogens (tertiary/aromatic N) is 3. The Labute approximate surface area is 223 Å². The summed E-state index contributed by atoms with van der Waals surface area (Å²) in [6.07, 6.45) is 4.48. The van der Waals surface area contributed by atoms with Crippen molar-refractivity contribution in [2.24, 2.45) is 5.92 Å². The molecule has 0 bridgehead atoms. The van der Waals surface area contributed by atoms with Crippen LogP contribution in [-0.2, 0) is 9.59 Å².